The zero-order valence-electron chi connectivity index (χ0n) is 13.6. The van der Waals surface area contributed by atoms with Gasteiger partial charge in [0.15, 0.2) is 0 Å². The van der Waals surface area contributed by atoms with Crippen molar-refractivity contribution in [2.24, 2.45) is 0 Å². The van der Waals surface area contributed by atoms with E-state index in [-0.39, 0.29) is 23.9 Å². The number of amides is 1. The molecule has 0 aromatic heterocycles. The van der Waals surface area contributed by atoms with E-state index in [1.165, 1.54) is 17.0 Å². The van der Waals surface area contributed by atoms with Crippen molar-refractivity contribution in [3.63, 3.8) is 0 Å². The van der Waals surface area contributed by atoms with Crippen LogP contribution in [0.25, 0.3) is 0 Å². The molecule has 1 aliphatic heterocycles. The molecular formula is C18H17ClN2O3S. The zero-order chi connectivity index (χ0) is 18.2. The Labute approximate surface area is 152 Å². The van der Waals surface area contributed by atoms with Gasteiger partial charge in [-0.3, -0.25) is 9.10 Å². The smallest absolute Gasteiger partial charge is 0.264 e. The standard InChI is InChI=1S/C18H17ClN2O3S/c1-13-3-9-17(10-4-13)25(23,24)21-12-18(22)20(11-14(21)2)16-7-5-15(19)6-8-16/h3-10H,2,11-12H2,1H3. The SMILES string of the molecule is C=C1CN(c2ccc(Cl)cc2)C(=O)CN1S(=O)(=O)c1ccc(C)cc1. The summed E-state index contributed by atoms with van der Waals surface area (Å²) in [4.78, 5) is 14.2. The van der Waals surface area contributed by atoms with Crippen LogP contribution < -0.4 is 4.90 Å². The molecule has 0 unspecified atom stereocenters. The molecule has 0 aliphatic carbocycles. The summed E-state index contributed by atoms with van der Waals surface area (Å²) in [6.07, 6.45) is 0. The van der Waals surface area contributed by atoms with Gasteiger partial charge in [0.25, 0.3) is 10.0 Å². The predicted octanol–water partition coefficient (Wildman–Crippen LogP) is 3.20. The molecule has 130 valence electrons. The van der Waals surface area contributed by atoms with Crippen molar-refractivity contribution in [3.05, 3.63) is 71.4 Å². The Bertz CT molecular complexity index is 922. The highest BCUT2D eigenvalue weighted by atomic mass is 35.5. The number of aryl methyl sites for hydroxylation is 1. The fourth-order valence-corrected chi connectivity index (χ4v) is 4.16. The van der Waals surface area contributed by atoms with Gasteiger partial charge in [-0.1, -0.05) is 35.9 Å². The molecular weight excluding hydrogens is 360 g/mol. The van der Waals surface area contributed by atoms with Gasteiger partial charge in [-0.15, -0.1) is 0 Å². The normalized spacial score (nSPS) is 15.6. The van der Waals surface area contributed by atoms with Crippen molar-refractivity contribution >= 4 is 33.2 Å². The zero-order valence-corrected chi connectivity index (χ0v) is 15.2. The maximum Gasteiger partial charge on any atom is 0.264 e. The molecule has 3 rings (SSSR count). The van der Waals surface area contributed by atoms with Crippen LogP contribution in [-0.4, -0.2) is 31.7 Å². The number of halogens is 1. The van der Waals surface area contributed by atoms with Crippen molar-refractivity contribution in [2.45, 2.75) is 11.8 Å². The second-order valence-corrected chi connectivity index (χ2v) is 8.15. The number of carbonyl (C=O) groups excluding carboxylic acids is 1. The summed E-state index contributed by atoms with van der Waals surface area (Å²) in [5.41, 5.74) is 1.96. The predicted molar refractivity (Wildman–Crippen MR) is 98.0 cm³/mol. The van der Waals surface area contributed by atoms with Crippen molar-refractivity contribution in [1.29, 1.82) is 0 Å². The number of nitrogens with zero attached hydrogens (tertiary/aromatic N) is 2. The molecule has 0 N–H and O–H groups in total. The molecule has 2 aromatic carbocycles. The summed E-state index contributed by atoms with van der Waals surface area (Å²) in [6, 6.07) is 13.3. The van der Waals surface area contributed by atoms with Gasteiger partial charge >= 0.3 is 0 Å². The van der Waals surface area contributed by atoms with Gasteiger partial charge in [-0.2, -0.15) is 0 Å². The highest BCUT2D eigenvalue weighted by Crippen LogP contribution is 2.27. The lowest BCUT2D eigenvalue weighted by Gasteiger charge is -2.36. The number of anilines is 1. The Morgan fingerprint density at radius 1 is 1.00 bits per heavy atom. The molecule has 1 heterocycles. The third-order valence-corrected chi connectivity index (χ3v) is 6.11. The second-order valence-electron chi connectivity index (χ2n) is 5.85. The Hall–Kier alpha value is -2.31. The molecule has 1 fully saturated rings. The number of benzene rings is 2. The van der Waals surface area contributed by atoms with E-state index in [2.05, 4.69) is 6.58 Å². The van der Waals surface area contributed by atoms with E-state index in [4.69, 9.17) is 11.6 Å². The Morgan fingerprint density at radius 3 is 2.20 bits per heavy atom. The molecule has 0 spiro atoms. The number of rotatable bonds is 3. The first-order valence-corrected chi connectivity index (χ1v) is 9.44. The Balaban J connectivity index is 1.87. The van der Waals surface area contributed by atoms with E-state index in [0.29, 0.717) is 16.4 Å². The van der Waals surface area contributed by atoms with Crippen LogP contribution in [0.4, 0.5) is 5.69 Å². The van der Waals surface area contributed by atoms with Gasteiger partial charge in [-0.25, -0.2) is 8.42 Å². The van der Waals surface area contributed by atoms with Crippen LogP contribution >= 0.6 is 11.6 Å². The van der Waals surface area contributed by atoms with Crippen molar-refractivity contribution < 1.29 is 13.2 Å². The largest absolute Gasteiger partial charge is 0.305 e. The third kappa shape index (κ3) is 3.41. The minimum Gasteiger partial charge on any atom is -0.305 e. The van der Waals surface area contributed by atoms with Crippen LogP contribution in [0.5, 0.6) is 0 Å². The van der Waals surface area contributed by atoms with Gasteiger partial charge in [0.2, 0.25) is 5.91 Å². The molecule has 5 nitrogen and oxygen atoms in total. The van der Waals surface area contributed by atoms with Gasteiger partial charge in [0, 0.05) is 16.4 Å². The van der Waals surface area contributed by atoms with Crippen LogP contribution in [0.2, 0.25) is 5.02 Å². The van der Waals surface area contributed by atoms with Crippen LogP contribution in [0, 0.1) is 6.92 Å². The van der Waals surface area contributed by atoms with Crippen LogP contribution in [-0.2, 0) is 14.8 Å². The summed E-state index contributed by atoms with van der Waals surface area (Å²) in [5.74, 6) is -0.314. The molecule has 1 aliphatic rings. The Kier molecular flexibility index (Phi) is 4.58. The average molecular weight is 377 g/mol. The van der Waals surface area contributed by atoms with E-state index in [0.717, 1.165) is 9.87 Å². The van der Waals surface area contributed by atoms with E-state index >= 15 is 0 Å². The number of piperazine rings is 1. The minimum absolute atomic E-state index is 0.103. The third-order valence-electron chi connectivity index (χ3n) is 4.02. The van der Waals surface area contributed by atoms with Crippen LogP contribution in [0.15, 0.2) is 65.7 Å². The van der Waals surface area contributed by atoms with Gasteiger partial charge in [-0.05, 0) is 43.3 Å². The topological polar surface area (TPSA) is 57.7 Å². The average Bonchev–Trinajstić information content (AvgIpc) is 2.58. The molecule has 0 bridgehead atoms. The highest BCUT2D eigenvalue weighted by Gasteiger charge is 2.35. The maximum atomic E-state index is 12.8. The van der Waals surface area contributed by atoms with E-state index in [9.17, 15) is 13.2 Å². The summed E-state index contributed by atoms with van der Waals surface area (Å²) in [5, 5.41) is 0.565. The van der Waals surface area contributed by atoms with Crippen LogP contribution in [0.3, 0.4) is 0 Å². The summed E-state index contributed by atoms with van der Waals surface area (Å²) in [6.45, 7) is 5.56. The first-order chi connectivity index (χ1) is 11.8. The lowest BCUT2D eigenvalue weighted by Crippen LogP contribution is -2.50. The Morgan fingerprint density at radius 2 is 1.60 bits per heavy atom. The van der Waals surface area contributed by atoms with Crippen LogP contribution in [0.1, 0.15) is 5.56 Å². The first-order valence-electron chi connectivity index (χ1n) is 7.62. The molecule has 1 saturated heterocycles. The van der Waals surface area contributed by atoms with E-state index in [1.54, 1.807) is 36.4 Å². The number of hydrogen-bond donors (Lipinski definition) is 0. The maximum absolute atomic E-state index is 12.8. The monoisotopic (exact) mass is 376 g/mol. The number of carbonyl (C=O) groups is 1. The van der Waals surface area contributed by atoms with Gasteiger partial charge in [0.1, 0.15) is 6.54 Å². The van der Waals surface area contributed by atoms with Gasteiger partial charge < -0.3 is 4.90 Å². The lowest BCUT2D eigenvalue weighted by atomic mass is 10.2. The molecule has 25 heavy (non-hydrogen) atoms. The molecule has 7 heteroatoms. The number of sulfonamides is 1. The summed E-state index contributed by atoms with van der Waals surface area (Å²) in [7, 11) is -3.81. The minimum atomic E-state index is -3.81. The van der Waals surface area contributed by atoms with Crippen molar-refractivity contribution in [2.75, 3.05) is 18.0 Å². The highest BCUT2D eigenvalue weighted by molar-refractivity contribution is 7.89. The molecule has 0 saturated carbocycles. The molecule has 1 amide bonds. The van der Waals surface area contributed by atoms with Gasteiger partial charge in [0.05, 0.1) is 11.4 Å². The molecule has 2 aromatic rings. The second kappa shape index (κ2) is 6.54. The molecule has 0 radical (unpaired) electrons. The van der Waals surface area contributed by atoms with E-state index in [1.807, 2.05) is 6.92 Å². The number of hydrogen-bond acceptors (Lipinski definition) is 3. The quantitative estimate of drug-likeness (QED) is 0.826. The van der Waals surface area contributed by atoms with Crippen molar-refractivity contribution in [3.8, 4) is 0 Å². The molecule has 0 atom stereocenters. The van der Waals surface area contributed by atoms with Crippen molar-refractivity contribution in [1.82, 2.24) is 4.31 Å². The fraction of sp³-hybridized carbons (Fsp3) is 0.167. The summed E-state index contributed by atoms with van der Waals surface area (Å²) < 4.78 is 26.7. The van der Waals surface area contributed by atoms with E-state index < -0.39 is 10.0 Å². The first kappa shape index (κ1) is 17.5. The summed E-state index contributed by atoms with van der Waals surface area (Å²) >= 11 is 5.87. The lowest BCUT2D eigenvalue weighted by molar-refractivity contribution is -0.119. The fourth-order valence-electron chi connectivity index (χ4n) is 2.62.